The first kappa shape index (κ1) is 22.6. The molecular formula is C23H25Cl2N3O4. The molecule has 0 spiro atoms. The van der Waals surface area contributed by atoms with Gasteiger partial charge in [-0.1, -0.05) is 23.2 Å². The number of ether oxygens (including phenoxy) is 2. The smallest absolute Gasteiger partial charge is 0.263 e. The Morgan fingerprint density at radius 1 is 0.969 bits per heavy atom. The molecule has 9 heteroatoms. The molecule has 1 aliphatic carbocycles. The average molecular weight is 478 g/mol. The molecule has 32 heavy (non-hydrogen) atoms. The number of carbonyl (C=O) groups excluding carboxylic acids is 2. The molecule has 1 aliphatic heterocycles. The summed E-state index contributed by atoms with van der Waals surface area (Å²) in [6, 6.07) is 12.3. The Morgan fingerprint density at radius 3 is 2.34 bits per heavy atom. The van der Waals surface area contributed by atoms with E-state index < -0.39 is 6.10 Å². The van der Waals surface area contributed by atoms with Crippen LogP contribution in [-0.2, 0) is 9.59 Å². The number of nitrogens with one attached hydrogen (secondary N) is 3. The molecule has 0 saturated heterocycles. The lowest BCUT2D eigenvalue weighted by Crippen LogP contribution is -2.50. The van der Waals surface area contributed by atoms with Crippen molar-refractivity contribution in [3.05, 3.63) is 52.5 Å². The van der Waals surface area contributed by atoms with E-state index in [-0.39, 0.29) is 30.5 Å². The predicted octanol–water partition coefficient (Wildman–Crippen LogP) is 3.79. The lowest BCUT2D eigenvalue weighted by Gasteiger charge is -2.32. The second-order valence-electron chi connectivity index (χ2n) is 8.00. The quantitative estimate of drug-likeness (QED) is 0.588. The molecule has 1 unspecified atom stereocenters. The summed E-state index contributed by atoms with van der Waals surface area (Å²) in [6.07, 6.45) is 2.55. The molecule has 0 aromatic heterocycles. The molecule has 7 nitrogen and oxygen atoms in total. The highest BCUT2D eigenvalue weighted by molar-refractivity contribution is 6.31. The molecule has 2 aliphatic rings. The van der Waals surface area contributed by atoms with Gasteiger partial charge in [0.2, 0.25) is 0 Å². The maximum Gasteiger partial charge on any atom is 0.263 e. The lowest BCUT2D eigenvalue weighted by atomic mass is 9.91. The van der Waals surface area contributed by atoms with Gasteiger partial charge >= 0.3 is 0 Å². The number of halogens is 2. The zero-order valence-electron chi connectivity index (χ0n) is 17.4. The predicted molar refractivity (Wildman–Crippen MR) is 124 cm³/mol. The third kappa shape index (κ3) is 5.99. The Bertz CT molecular complexity index is 962. The van der Waals surface area contributed by atoms with Crippen LogP contribution in [0.25, 0.3) is 0 Å². The summed E-state index contributed by atoms with van der Waals surface area (Å²) < 4.78 is 11.3. The molecule has 3 N–H and O–H groups in total. The van der Waals surface area contributed by atoms with E-state index in [0.29, 0.717) is 28.1 Å². The van der Waals surface area contributed by atoms with Crippen LogP contribution in [0, 0.1) is 0 Å². The monoisotopic (exact) mass is 477 g/mol. The molecule has 1 atom stereocenters. The number of amides is 2. The van der Waals surface area contributed by atoms with Gasteiger partial charge in [0, 0.05) is 28.2 Å². The summed E-state index contributed by atoms with van der Waals surface area (Å²) in [5.41, 5.74) is 0.828. The minimum atomic E-state index is -0.608. The van der Waals surface area contributed by atoms with E-state index >= 15 is 0 Å². The Labute approximate surface area is 196 Å². The summed E-state index contributed by atoms with van der Waals surface area (Å²) in [7, 11) is 0. The molecule has 1 saturated carbocycles. The van der Waals surface area contributed by atoms with Gasteiger partial charge in [0.15, 0.2) is 12.7 Å². The second kappa shape index (κ2) is 10.3. The van der Waals surface area contributed by atoms with Crippen LogP contribution in [0.1, 0.15) is 25.7 Å². The zero-order chi connectivity index (χ0) is 22.5. The number of fused-ring (bicyclic) bond motifs is 1. The fourth-order valence-electron chi connectivity index (χ4n) is 3.91. The van der Waals surface area contributed by atoms with E-state index in [1.165, 1.54) is 0 Å². The average Bonchev–Trinajstić information content (AvgIpc) is 2.79. The third-order valence-electron chi connectivity index (χ3n) is 5.61. The van der Waals surface area contributed by atoms with E-state index in [2.05, 4.69) is 16.0 Å². The maximum absolute atomic E-state index is 12.7. The Hall–Kier alpha value is -2.64. The van der Waals surface area contributed by atoms with Crippen molar-refractivity contribution in [1.82, 2.24) is 10.6 Å². The van der Waals surface area contributed by atoms with Gasteiger partial charge in [-0.25, -0.2) is 0 Å². The zero-order valence-corrected chi connectivity index (χ0v) is 18.9. The van der Waals surface area contributed by atoms with Gasteiger partial charge in [0.1, 0.15) is 11.5 Å². The second-order valence-corrected chi connectivity index (χ2v) is 8.87. The van der Waals surface area contributed by atoms with Gasteiger partial charge in [-0.3, -0.25) is 9.59 Å². The molecule has 1 fully saturated rings. The van der Waals surface area contributed by atoms with Crippen molar-refractivity contribution in [2.24, 2.45) is 0 Å². The van der Waals surface area contributed by atoms with Crippen LogP contribution in [0.3, 0.4) is 0 Å². The lowest BCUT2D eigenvalue weighted by molar-refractivity contribution is -0.129. The van der Waals surface area contributed by atoms with Crippen LogP contribution in [0.2, 0.25) is 10.0 Å². The first-order valence-electron chi connectivity index (χ1n) is 10.6. The molecule has 0 bridgehead atoms. The number of benzene rings is 2. The Kier molecular flexibility index (Phi) is 7.27. The van der Waals surface area contributed by atoms with Gasteiger partial charge < -0.3 is 25.4 Å². The van der Waals surface area contributed by atoms with E-state index in [1.807, 2.05) is 6.07 Å². The van der Waals surface area contributed by atoms with E-state index in [0.717, 1.165) is 31.4 Å². The highest BCUT2D eigenvalue weighted by Gasteiger charge is 2.29. The highest BCUT2D eigenvalue weighted by atomic mass is 35.5. The number of carbonyl (C=O) groups is 2. The van der Waals surface area contributed by atoms with Gasteiger partial charge in [0.25, 0.3) is 11.8 Å². The van der Waals surface area contributed by atoms with Crippen molar-refractivity contribution in [3.63, 3.8) is 0 Å². The van der Waals surface area contributed by atoms with Crippen LogP contribution < -0.4 is 25.4 Å². The van der Waals surface area contributed by atoms with Gasteiger partial charge in [-0.05, 0) is 62.1 Å². The molecular weight excluding hydrogens is 453 g/mol. The number of anilines is 1. The standard InChI is InChI=1S/C23H25Cl2N3O4/c24-14-1-8-18(9-2-14)31-13-22(29)27-16-4-6-17(7-5-16)28-23(30)21-12-26-19-10-3-15(25)11-20(19)32-21/h1-3,8-11,16-17,21,26H,4-7,12-13H2,(H,27,29)(H,28,30). The SMILES string of the molecule is O=C(COc1ccc(Cl)cc1)NC1CCC(NC(=O)C2CNc3ccc(Cl)cc3O2)CC1. The first-order valence-corrected chi connectivity index (χ1v) is 11.4. The van der Waals surface area contributed by atoms with Crippen LogP contribution >= 0.6 is 23.2 Å². The van der Waals surface area contributed by atoms with Crippen molar-refractivity contribution < 1.29 is 19.1 Å². The molecule has 4 rings (SSSR count). The molecule has 2 amide bonds. The summed E-state index contributed by atoms with van der Waals surface area (Å²) >= 11 is 11.9. The van der Waals surface area contributed by atoms with Crippen molar-refractivity contribution in [2.45, 2.75) is 43.9 Å². The molecule has 2 aromatic carbocycles. The van der Waals surface area contributed by atoms with Crippen LogP contribution in [0.15, 0.2) is 42.5 Å². The summed E-state index contributed by atoms with van der Waals surface area (Å²) in [6.45, 7) is 0.356. The molecule has 1 heterocycles. The van der Waals surface area contributed by atoms with E-state index in [9.17, 15) is 9.59 Å². The third-order valence-corrected chi connectivity index (χ3v) is 6.09. The largest absolute Gasteiger partial charge is 0.484 e. The van der Waals surface area contributed by atoms with Crippen molar-refractivity contribution >= 4 is 40.7 Å². The highest BCUT2D eigenvalue weighted by Crippen LogP contribution is 2.32. The minimum Gasteiger partial charge on any atom is -0.484 e. The normalized spacial score (nSPS) is 22.0. The Morgan fingerprint density at radius 2 is 1.62 bits per heavy atom. The van der Waals surface area contributed by atoms with Gasteiger partial charge in [-0.2, -0.15) is 0 Å². The number of hydrogen-bond donors (Lipinski definition) is 3. The summed E-state index contributed by atoms with van der Waals surface area (Å²) in [5.74, 6) is 0.870. The number of rotatable bonds is 6. The first-order chi connectivity index (χ1) is 15.5. The summed E-state index contributed by atoms with van der Waals surface area (Å²) in [4.78, 5) is 24.8. The van der Waals surface area contributed by atoms with Crippen LogP contribution in [0.4, 0.5) is 5.69 Å². The van der Waals surface area contributed by atoms with Crippen LogP contribution in [-0.4, -0.2) is 43.2 Å². The topological polar surface area (TPSA) is 88.7 Å². The van der Waals surface area contributed by atoms with E-state index in [1.54, 1.807) is 36.4 Å². The molecule has 170 valence electrons. The fraction of sp³-hybridized carbons (Fsp3) is 0.391. The molecule has 0 radical (unpaired) electrons. The fourth-order valence-corrected chi connectivity index (χ4v) is 4.20. The minimum absolute atomic E-state index is 0.0458. The Balaban J connectivity index is 1.17. The number of hydrogen-bond acceptors (Lipinski definition) is 5. The molecule has 2 aromatic rings. The summed E-state index contributed by atoms with van der Waals surface area (Å²) in [5, 5.41) is 10.5. The van der Waals surface area contributed by atoms with Gasteiger partial charge in [0.05, 0.1) is 12.2 Å². The van der Waals surface area contributed by atoms with Crippen molar-refractivity contribution in [3.8, 4) is 11.5 Å². The van der Waals surface area contributed by atoms with Crippen molar-refractivity contribution in [1.29, 1.82) is 0 Å². The van der Waals surface area contributed by atoms with Gasteiger partial charge in [-0.15, -0.1) is 0 Å². The van der Waals surface area contributed by atoms with Crippen molar-refractivity contribution in [2.75, 3.05) is 18.5 Å². The maximum atomic E-state index is 12.7. The van der Waals surface area contributed by atoms with E-state index in [4.69, 9.17) is 32.7 Å². The van der Waals surface area contributed by atoms with Crippen LogP contribution in [0.5, 0.6) is 11.5 Å².